The molecule has 0 aromatic carbocycles. The molecule has 0 saturated heterocycles. The molecule has 2 rings (SSSR count). The molecule has 0 spiro atoms. The van der Waals surface area contributed by atoms with E-state index in [1.165, 1.54) is 7.11 Å². The number of ether oxygens (including phenoxy) is 1. The number of hydrogen-bond donors (Lipinski definition) is 2. The van der Waals surface area contributed by atoms with E-state index in [0.29, 0.717) is 6.42 Å². The van der Waals surface area contributed by atoms with Crippen LogP contribution in [0.2, 0.25) is 0 Å². The zero-order valence-corrected chi connectivity index (χ0v) is 11.0. The molecule has 0 unspecified atom stereocenters. The van der Waals surface area contributed by atoms with Gasteiger partial charge in [-0.05, 0) is 31.7 Å². The van der Waals surface area contributed by atoms with E-state index < -0.39 is 0 Å². The zero-order valence-electron chi connectivity index (χ0n) is 11.0. The molecule has 6 nitrogen and oxygen atoms in total. The SMILES string of the molecule is COC(=O)C1CCC(NC(=O)Cc2ccn[nH]2)CC1. The Labute approximate surface area is 111 Å². The van der Waals surface area contributed by atoms with Crippen molar-refractivity contribution in [3.05, 3.63) is 18.0 Å². The number of esters is 1. The second-order valence-electron chi connectivity index (χ2n) is 4.90. The molecule has 1 aromatic heterocycles. The third-order valence-electron chi connectivity index (χ3n) is 3.54. The average molecular weight is 265 g/mol. The standard InChI is InChI=1S/C13H19N3O3/c1-19-13(18)9-2-4-10(5-3-9)15-12(17)8-11-6-7-14-16-11/h6-7,9-10H,2-5,8H2,1H3,(H,14,16)(H,15,17). The Balaban J connectivity index is 1.73. The van der Waals surface area contributed by atoms with Crippen LogP contribution in [0.1, 0.15) is 31.4 Å². The van der Waals surface area contributed by atoms with Crippen molar-refractivity contribution in [3.63, 3.8) is 0 Å². The average Bonchev–Trinajstić information content (AvgIpc) is 2.91. The molecule has 6 heteroatoms. The van der Waals surface area contributed by atoms with E-state index in [9.17, 15) is 9.59 Å². The fraction of sp³-hybridized carbons (Fsp3) is 0.615. The summed E-state index contributed by atoms with van der Waals surface area (Å²) in [6.07, 6.45) is 5.16. The van der Waals surface area contributed by atoms with Crippen LogP contribution in [0.25, 0.3) is 0 Å². The maximum Gasteiger partial charge on any atom is 0.308 e. The second kappa shape index (κ2) is 6.36. The molecular formula is C13H19N3O3. The van der Waals surface area contributed by atoms with Gasteiger partial charge in [-0.15, -0.1) is 0 Å². The van der Waals surface area contributed by atoms with Gasteiger partial charge in [-0.1, -0.05) is 0 Å². The van der Waals surface area contributed by atoms with Crippen molar-refractivity contribution in [3.8, 4) is 0 Å². The Kier molecular flexibility index (Phi) is 4.54. The fourth-order valence-corrected chi connectivity index (χ4v) is 2.47. The van der Waals surface area contributed by atoms with E-state index in [1.807, 2.05) is 0 Å². The second-order valence-corrected chi connectivity index (χ2v) is 4.90. The fourth-order valence-electron chi connectivity index (χ4n) is 2.47. The number of carbonyl (C=O) groups is 2. The monoisotopic (exact) mass is 265 g/mol. The molecule has 1 heterocycles. The number of H-pyrrole nitrogens is 1. The minimum Gasteiger partial charge on any atom is -0.469 e. The van der Waals surface area contributed by atoms with Gasteiger partial charge < -0.3 is 10.1 Å². The van der Waals surface area contributed by atoms with Gasteiger partial charge in [0, 0.05) is 17.9 Å². The van der Waals surface area contributed by atoms with E-state index >= 15 is 0 Å². The lowest BCUT2D eigenvalue weighted by molar-refractivity contribution is -0.146. The van der Waals surface area contributed by atoms with Crippen LogP contribution < -0.4 is 5.32 Å². The highest BCUT2D eigenvalue weighted by Gasteiger charge is 2.27. The Hall–Kier alpha value is -1.85. The molecule has 1 aliphatic carbocycles. The third-order valence-corrected chi connectivity index (χ3v) is 3.54. The van der Waals surface area contributed by atoms with Crippen LogP contribution in [0.5, 0.6) is 0 Å². The van der Waals surface area contributed by atoms with E-state index in [4.69, 9.17) is 4.74 Å². The van der Waals surface area contributed by atoms with Gasteiger partial charge in [-0.25, -0.2) is 0 Å². The Bertz CT molecular complexity index is 422. The van der Waals surface area contributed by atoms with Crippen LogP contribution in [0, 0.1) is 5.92 Å². The van der Waals surface area contributed by atoms with Gasteiger partial charge in [-0.3, -0.25) is 14.7 Å². The third kappa shape index (κ3) is 3.81. The molecule has 1 aliphatic rings. The van der Waals surface area contributed by atoms with Gasteiger partial charge in [0.1, 0.15) is 0 Å². The molecular weight excluding hydrogens is 246 g/mol. The Morgan fingerprint density at radius 3 is 2.74 bits per heavy atom. The summed E-state index contributed by atoms with van der Waals surface area (Å²) in [5.74, 6) is -0.154. The first-order valence-corrected chi connectivity index (χ1v) is 6.54. The first-order valence-electron chi connectivity index (χ1n) is 6.54. The van der Waals surface area contributed by atoms with Crippen molar-refractivity contribution < 1.29 is 14.3 Å². The summed E-state index contributed by atoms with van der Waals surface area (Å²) in [6.45, 7) is 0. The maximum atomic E-state index is 11.8. The molecule has 19 heavy (non-hydrogen) atoms. The Morgan fingerprint density at radius 2 is 2.16 bits per heavy atom. The van der Waals surface area contributed by atoms with E-state index in [-0.39, 0.29) is 23.8 Å². The molecule has 0 atom stereocenters. The maximum absolute atomic E-state index is 11.8. The highest BCUT2D eigenvalue weighted by molar-refractivity contribution is 5.78. The van der Waals surface area contributed by atoms with Crippen LogP contribution >= 0.6 is 0 Å². The van der Waals surface area contributed by atoms with E-state index in [2.05, 4.69) is 15.5 Å². The van der Waals surface area contributed by atoms with Gasteiger partial charge in [0.25, 0.3) is 0 Å². The number of carbonyl (C=O) groups excluding carboxylic acids is 2. The number of nitrogens with one attached hydrogen (secondary N) is 2. The van der Waals surface area contributed by atoms with Gasteiger partial charge in [0.05, 0.1) is 19.4 Å². The van der Waals surface area contributed by atoms with Crippen molar-refractivity contribution >= 4 is 11.9 Å². The van der Waals surface area contributed by atoms with Crippen LogP contribution in [0.3, 0.4) is 0 Å². The molecule has 2 N–H and O–H groups in total. The molecule has 0 aliphatic heterocycles. The van der Waals surface area contributed by atoms with Crippen molar-refractivity contribution in [1.82, 2.24) is 15.5 Å². The predicted molar refractivity (Wildman–Crippen MR) is 68.2 cm³/mol. The number of hydrogen-bond acceptors (Lipinski definition) is 4. The van der Waals surface area contributed by atoms with E-state index in [1.54, 1.807) is 12.3 Å². The number of methoxy groups -OCH3 is 1. The first kappa shape index (κ1) is 13.6. The number of amides is 1. The molecule has 0 bridgehead atoms. The largest absolute Gasteiger partial charge is 0.469 e. The predicted octanol–water partition coefficient (Wildman–Crippen LogP) is 0.800. The number of nitrogens with zero attached hydrogens (tertiary/aromatic N) is 1. The van der Waals surface area contributed by atoms with Crippen molar-refractivity contribution in [1.29, 1.82) is 0 Å². The molecule has 0 radical (unpaired) electrons. The highest BCUT2D eigenvalue weighted by Crippen LogP contribution is 2.25. The van der Waals surface area contributed by atoms with Crippen LogP contribution in [0.15, 0.2) is 12.3 Å². The summed E-state index contributed by atoms with van der Waals surface area (Å²) in [6, 6.07) is 1.95. The Morgan fingerprint density at radius 1 is 1.42 bits per heavy atom. The summed E-state index contributed by atoms with van der Waals surface area (Å²) < 4.78 is 4.74. The van der Waals surface area contributed by atoms with Crippen molar-refractivity contribution in [2.24, 2.45) is 5.92 Å². The van der Waals surface area contributed by atoms with Crippen molar-refractivity contribution in [2.75, 3.05) is 7.11 Å². The van der Waals surface area contributed by atoms with Crippen molar-refractivity contribution in [2.45, 2.75) is 38.1 Å². The normalized spacial score (nSPS) is 22.8. The molecule has 1 fully saturated rings. The van der Waals surface area contributed by atoms with Gasteiger partial charge in [0.2, 0.25) is 5.91 Å². The number of rotatable bonds is 4. The smallest absolute Gasteiger partial charge is 0.308 e. The van der Waals surface area contributed by atoms with Crippen LogP contribution in [0.4, 0.5) is 0 Å². The van der Waals surface area contributed by atoms with Crippen LogP contribution in [-0.2, 0) is 20.7 Å². The lowest BCUT2D eigenvalue weighted by Crippen LogP contribution is -2.39. The van der Waals surface area contributed by atoms with E-state index in [0.717, 1.165) is 31.4 Å². The molecule has 1 amide bonds. The van der Waals surface area contributed by atoms with Gasteiger partial charge in [-0.2, -0.15) is 5.10 Å². The topological polar surface area (TPSA) is 84.1 Å². The summed E-state index contributed by atoms with van der Waals surface area (Å²) in [7, 11) is 1.42. The quantitative estimate of drug-likeness (QED) is 0.789. The lowest BCUT2D eigenvalue weighted by Gasteiger charge is -2.27. The summed E-state index contributed by atoms with van der Waals surface area (Å²) in [5, 5.41) is 9.56. The number of aromatic nitrogens is 2. The number of aromatic amines is 1. The molecule has 1 aromatic rings. The summed E-state index contributed by atoms with van der Waals surface area (Å²) >= 11 is 0. The van der Waals surface area contributed by atoms with Gasteiger partial charge >= 0.3 is 5.97 Å². The van der Waals surface area contributed by atoms with Gasteiger partial charge in [0.15, 0.2) is 0 Å². The minimum atomic E-state index is -0.137. The summed E-state index contributed by atoms with van der Waals surface area (Å²) in [5.41, 5.74) is 0.806. The molecule has 1 saturated carbocycles. The highest BCUT2D eigenvalue weighted by atomic mass is 16.5. The zero-order chi connectivity index (χ0) is 13.7. The first-order chi connectivity index (χ1) is 9.19. The minimum absolute atomic E-state index is 0.00855. The summed E-state index contributed by atoms with van der Waals surface area (Å²) in [4.78, 5) is 23.2. The van der Waals surface area contributed by atoms with Crippen LogP contribution in [-0.4, -0.2) is 35.2 Å². The molecule has 104 valence electrons. The lowest BCUT2D eigenvalue weighted by atomic mass is 9.86.